The minimum absolute atomic E-state index is 0.374. The molecule has 1 N–H and O–H groups in total. The highest BCUT2D eigenvalue weighted by Crippen LogP contribution is 2.14. The van der Waals surface area contributed by atoms with Crippen LogP contribution in [0.5, 0.6) is 0 Å². The first-order valence-electron chi connectivity index (χ1n) is 4.24. The Bertz CT molecular complexity index is 488. The van der Waals surface area contributed by atoms with Gasteiger partial charge in [-0.2, -0.15) is 0 Å². The lowest BCUT2D eigenvalue weighted by atomic mass is 10.2. The van der Waals surface area contributed by atoms with Gasteiger partial charge in [-0.05, 0) is 24.6 Å². The molecule has 2 aromatic rings. The molecule has 4 nitrogen and oxygen atoms in total. The summed E-state index contributed by atoms with van der Waals surface area (Å²) in [7, 11) is 1.35. The zero-order valence-electron chi connectivity index (χ0n) is 8.00. The van der Waals surface area contributed by atoms with Crippen molar-refractivity contribution >= 4 is 17.0 Å². The van der Waals surface area contributed by atoms with Crippen molar-refractivity contribution in [2.45, 2.75) is 6.92 Å². The molecule has 0 saturated carbocycles. The van der Waals surface area contributed by atoms with Crippen LogP contribution < -0.4 is 0 Å². The Morgan fingerprint density at radius 2 is 2.29 bits per heavy atom. The largest absolute Gasteiger partial charge is 0.464 e. The summed E-state index contributed by atoms with van der Waals surface area (Å²) >= 11 is 0. The monoisotopic (exact) mass is 190 g/mol. The molecule has 0 radical (unpaired) electrons. The summed E-state index contributed by atoms with van der Waals surface area (Å²) in [6, 6.07) is 3.70. The number of nitrogens with zero attached hydrogens (tertiary/aromatic N) is 1. The molecule has 0 aliphatic heterocycles. The van der Waals surface area contributed by atoms with E-state index in [1.807, 2.05) is 13.0 Å². The smallest absolute Gasteiger partial charge is 0.354 e. The van der Waals surface area contributed by atoms with Crippen LogP contribution in [0.1, 0.15) is 16.1 Å². The van der Waals surface area contributed by atoms with Gasteiger partial charge in [0.05, 0.1) is 7.11 Å². The second-order valence-corrected chi connectivity index (χ2v) is 3.13. The van der Waals surface area contributed by atoms with Gasteiger partial charge in [-0.1, -0.05) is 0 Å². The molecule has 0 aromatic carbocycles. The number of fused-ring (bicyclic) bond motifs is 1. The number of pyridine rings is 1. The number of methoxy groups -OCH3 is 1. The normalized spacial score (nSPS) is 10.4. The summed E-state index contributed by atoms with van der Waals surface area (Å²) in [6.07, 6.45) is 1.75. The number of carbonyl (C=O) groups excluding carboxylic acids is 1. The van der Waals surface area contributed by atoms with Gasteiger partial charge >= 0.3 is 5.97 Å². The number of aryl methyl sites for hydroxylation is 1. The third-order valence-corrected chi connectivity index (χ3v) is 2.01. The van der Waals surface area contributed by atoms with E-state index in [4.69, 9.17) is 0 Å². The molecule has 0 atom stereocenters. The van der Waals surface area contributed by atoms with Crippen molar-refractivity contribution in [3.63, 3.8) is 0 Å². The molecule has 0 unspecified atom stereocenters. The van der Waals surface area contributed by atoms with E-state index < -0.39 is 0 Å². The van der Waals surface area contributed by atoms with Crippen molar-refractivity contribution in [1.82, 2.24) is 9.97 Å². The van der Waals surface area contributed by atoms with Crippen LogP contribution in [0.25, 0.3) is 11.0 Å². The van der Waals surface area contributed by atoms with E-state index in [2.05, 4.69) is 14.7 Å². The molecule has 0 aliphatic rings. The summed E-state index contributed by atoms with van der Waals surface area (Å²) in [5.74, 6) is -0.374. The van der Waals surface area contributed by atoms with Crippen molar-refractivity contribution < 1.29 is 9.53 Å². The predicted molar refractivity (Wildman–Crippen MR) is 52.2 cm³/mol. The second kappa shape index (κ2) is 3.14. The van der Waals surface area contributed by atoms with Gasteiger partial charge in [0, 0.05) is 11.6 Å². The van der Waals surface area contributed by atoms with Gasteiger partial charge in [0.25, 0.3) is 0 Å². The summed E-state index contributed by atoms with van der Waals surface area (Å²) in [5.41, 5.74) is 2.20. The number of nitrogens with one attached hydrogen (secondary N) is 1. The van der Waals surface area contributed by atoms with Gasteiger partial charge < -0.3 is 9.72 Å². The molecule has 2 rings (SSSR count). The molecular formula is C10H10N2O2. The van der Waals surface area contributed by atoms with E-state index in [1.165, 1.54) is 7.11 Å². The van der Waals surface area contributed by atoms with Crippen LogP contribution in [0, 0.1) is 6.92 Å². The number of H-pyrrole nitrogens is 1. The van der Waals surface area contributed by atoms with Crippen molar-refractivity contribution in [2.75, 3.05) is 7.11 Å². The zero-order chi connectivity index (χ0) is 10.1. The molecule has 2 aromatic heterocycles. The summed E-state index contributed by atoms with van der Waals surface area (Å²) < 4.78 is 4.60. The van der Waals surface area contributed by atoms with Crippen LogP contribution in [0.3, 0.4) is 0 Å². The van der Waals surface area contributed by atoms with Gasteiger partial charge in [-0.3, -0.25) is 0 Å². The Kier molecular flexibility index (Phi) is 1.96. The maximum atomic E-state index is 11.2. The minimum Gasteiger partial charge on any atom is -0.464 e. The molecular weight excluding hydrogens is 180 g/mol. The average molecular weight is 190 g/mol. The summed E-state index contributed by atoms with van der Waals surface area (Å²) in [4.78, 5) is 18.2. The first kappa shape index (κ1) is 8.74. The third-order valence-electron chi connectivity index (χ3n) is 2.01. The maximum absolute atomic E-state index is 11.2. The molecule has 2 heterocycles. The standard InChI is InChI=1S/C10H10N2O2/c1-6-3-7-4-8(10(13)14-2)12-9(7)11-5-6/h3-5H,1-2H3,(H,11,12). The second-order valence-electron chi connectivity index (χ2n) is 3.13. The fourth-order valence-corrected chi connectivity index (χ4v) is 1.35. The van der Waals surface area contributed by atoms with Gasteiger partial charge in [0.2, 0.25) is 0 Å². The van der Waals surface area contributed by atoms with E-state index in [0.29, 0.717) is 11.3 Å². The Morgan fingerprint density at radius 1 is 1.50 bits per heavy atom. The molecule has 0 saturated heterocycles. The van der Waals surface area contributed by atoms with Crippen LogP contribution >= 0.6 is 0 Å². The molecule has 0 spiro atoms. The number of carbonyl (C=O) groups is 1. The minimum atomic E-state index is -0.374. The lowest BCUT2D eigenvalue weighted by Gasteiger charge is -1.91. The van der Waals surface area contributed by atoms with Crippen molar-refractivity contribution in [1.29, 1.82) is 0 Å². The fourth-order valence-electron chi connectivity index (χ4n) is 1.35. The van der Waals surface area contributed by atoms with E-state index in [0.717, 1.165) is 10.9 Å². The van der Waals surface area contributed by atoms with Gasteiger partial charge in [0.1, 0.15) is 11.3 Å². The first-order valence-corrected chi connectivity index (χ1v) is 4.24. The fraction of sp³-hybridized carbons (Fsp3) is 0.200. The highest BCUT2D eigenvalue weighted by molar-refractivity contribution is 5.93. The Morgan fingerprint density at radius 3 is 3.00 bits per heavy atom. The van der Waals surface area contributed by atoms with E-state index in [1.54, 1.807) is 12.3 Å². The van der Waals surface area contributed by atoms with Crippen LogP contribution in [-0.4, -0.2) is 23.0 Å². The average Bonchev–Trinajstić information content (AvgIpc) is 2.59. The first-order chi connectivity index (χ1) is 6.70. The maximum Gasteiger partial charge on any atom is 0.354 e. The van der Waals surface area contributed by atoms with Gasteiger partial charge in [-0.25, -0.2) is 9.78 Å². The number of esters is 1. The van der Waals surface area contributed by atoms with Gasteiger partial charge in [0.15, 0.2) is 0 Å². The van der Waals surface area contributed by atoms with Gasteiger partial charge in [-0.15, -0.1) is 0 Å². The van der Waals surface area contributed by atoms with Crippen molar-refractivity contribution in [3.05, 3.63) is 29.6 Å². The Hall–Kier alpha value is -1.84. The SMILES string of the molecule is COC(=O)c1cc2cc(C)cnc2[nH]1. The van der Waals surface area contributed by atoms with Crippen molar-refractivity contribution in [3.8, 4) is 0 Å². The zero-order valence-corrected chi connectivity index (χ0v) is 8.00. The summed E-state index contributed by atoms with van der Waals surface area (Å²) in [5, 5.41) is 0.922. The van der Waals surface area contributed by atoms with Crippen LogP contribution in [-0.2, 0) is 4.74 Å². The highest BCUT2D eigenvalue weighted by Gasteiger charge is 2.09. The quantitative estimate of drug-likeness (QED) is 0.696. The molecule has 4 heteroatoms. The third kappa shape index (κ3) is 1.35. The van der Waals surface area contributed by atoms with E-state index in [9.17, 15) is 4.79 Å². The van der Waals surface area contributed by atoms with Crippen LogP contribution in [0.2, 0.25) is 0 Å². The predicted octanol–water partition coefficient (Wildman–Crippen LogP) is 1.66. The molecule has 0 amide bonds. The van der Waals surface area contributed by atoms with E-state index >= 15 is 0 Å². The van der Waals surface area contributed by atoms with E-state index in [-0.39, 0.29) is 5.97 Å². The number of hydrogen-bond acceptors (Lipinski definition) is 3. The summed E-state index contributed by atoms with van der Waals surface area (Å²) in [6.45, 7) is 1.96. The molecule has 0 bridgehead atoms. The lowest BCUT2D eigenvalue weighted by molar-refractivity contribution is 0.0595. The molecule has 72 valence electrons. The van der Waals surface area contributed by atoms with Crippen LogP contribution in [0.4, 0.5) is 0 Å². The number of ether oxygens (including phenoxy) is 1. The van der Waals surface area contributed by atoms with Crippen molar-refractivity contribution in [2.24, 2.45) is 0 Å². The number of hydrogen-bond donors (Lipinski definition) is 1. The molecule has 0 aliphatic carbocycles. The topological polar surface area (TPSA) is 55.0 Å². The molecule has 14 heavy (non-hydrogen) atoms. The Labute approximate surface area is 80.9 Å². The number of aromatic amines is 1. The highest BCUT2D eigenvalue weighted by atomic mass is 16.5. The number of rotatable bonds is 1. The lowest BCUT2D eigenvalue weighted by Crippen LogP contribution is -2.00. The Balaban J connectivity index is 2.56. The number of aromatic nitrogens is 2. The molecule has 0 fully saturated rings. The van der Waals surface area contributed by atoms with Crippen LogP contribution in [0.15, 0.2) is 18.3 Å².